The molecule has 0 aliphatic heterocycles. The van der Waals surface area contributed by atoms with Crippen LogP contribution in [0.4, 0.5) is 10.1 Å². The predicted octanol–water partition coefficient (Wildman–Crippen LogP) is 4.25. The Morgan fingerprint density at radius 2 is 1.86 bits per heavy atom. The quantitative estimate of drug-likeness (QED) is 0.716. The van der Waals surface area contributed by atoms with Crippen molar-refractivity contribution in [3.8, 4) is 0 Å². The number of hydrogen-bond donors (Lipinski definition) is 2. The van der Waals surface area contributed by atoms with E-state index < -0.39 is 22.6 Å². The summed E-state index contributed by atoms with van der Waals surface area (Å²) in [5.41, 5.74) is 0.616. The molecule has 8 heteroatoms. The molecule has 1 amide bonds. The second kappa shape index (κ2) is 9.03. The number of hydrogen-bond acceptors (Lipinski definition) is 3. The van der Waals surface area contributed by atoms with E-state index >= 15 is 0 Å². The molecule has 3 rings (SSSR count). The number of carbonyl (C=O) groups excluding carboxylic acids is 1. The van der Waals surface area contributed by atoms with E-state index in [4.69, 9.17) is 11.6 Å². The number of sulfonamides is 1. The molecule has 0 bridgehead atoms. The molecule has 2 aliphatic rings. The molecule has 0 atom stereocenters. The SMILES string of the molecule is O=C(Nc1ccc(Cl)cc1)C1=C(CF)C=CCC(S(=O)(=O)NC2CCCC2)=C1. The first-order valence-corrected chi connectivity index (χ1v) is 11.0. The molecule has 5 nitrogen and oxygen atoms in total. The molecule has 1 aromatic carbocycles. The van der Waals surface area contributed by atoms with Crippen LogP contribution in [0.15, 0.2) is 58.5 Å². The first-order valence-electron chi connectivity index (χ1n) is 9.14. The summed E-state index contributed by atoms with van der Waals surface area (Å²) in [7, 11) is -3.76. The van der Waals surface area contributed by atoms with E-state index in [0.29, 0.717) is 10.7 Å². The van der Waals surface area contributed by atoms with Crippen LogP contribution in [0, 0.1) is 0 Å². The molecule has 28 heavy (non-hydrogen) atoms. The van der Waals surface area contributed by atoms with E-state index in [2.05, 4.69) is 10.0 Å². The smallest absolute Gasteiger partial charge is 0.256 e. The number of anilines is 1. The molecule has 1 aromatic rings. The van der Waals surface area contributed by atoms with E-state index in [1.807, 2.05) is 0 Å². The largest absolute Gasteiger partial charge is 0.322 e. The van der Waals surface area contributed by atoms with Crippen LogP contribution in [-0.2, 0) is 14.8 Å². The summed E-state index contributed by atoms with van der Waals surface area (Å²) in [5.74, 6) is -0.574. The van der Waals surface area contributed by atoms with Crippen LogP contribution in [0.3, 0.4) is 0 Å². The van der Waals surface area contributed by atoms with Gasteiger partial charge in [-0.2, -0.15) is 0 Å². The first kappa shape index (κ1) is 20.8. The monoisotopic (exact) mass is 424 g/mol. The third kappa shape index (κ3) is 5.10. The molecular formula is C20H22ClFN2O3S. The lowest BCUT2D eigenvalue weighted by atomic mass is 10.1. The molecule has 0 saturated heterocycles. The average molecular weight is 425 g/mol. The number of halogens is 2. The highest BCUT2D eigenvalue weighted by atomic mass is 35.5. The van der Waals surface area contributed by atoms with Gasteiger partial charge in [0.05, 0.1) is 4.91 Å². The molecule has 1 saturated carbocycles. The Labute approximate surface area is 169 Å². The van der Waals surface area contributed by atoms with Crippen molar-refractivity contribution >= 4 is 33.2 Å². The summed E-state index contributed by atoms with van der Waals surface area (Å²) in [6.45, 7) is -0.875. The van der Waals surface area contributed by atoms with Crippen molar-refractivity contribution in [2.24, 2.45) is 0 Å². The summed E-state index contributed by atoms with van der Waals surface area (Å²) in [6.07, 6.45) is 8.00. The van der Waals surface area contributed by atoms with E-state index in [-0.39, 0.29) is 28.5 Å². The Kier molecular flexibility index (Phi) is 6.69. The molecule has 150 valence electrons. The van der Waals surface area contributed by atoms with Gasteiger partial charge in [0.2, 0.25) is 10.0 Å². The summed E-state index contributed by atoms with van der Waals surface area (Å²) < 4.78 is 41.8. The molecule has 1 fully saturated rings. The first-order chi connectivity index (χ1) is 13.4. The maximum atomic E-state index is 13.5. The molecule has 0 heterocycles. The van der Waals surface area contributed by atoms with Gasteiger partial charge in [0.1, 0.15) is 6.67 Å². The zero-order chi connectivity index (χ0) is 20.1. The van der Waals surface area contributed by atoms with E-state index in [9.17, 15) is 17.6 Å². The van der Waals surface area contributed by atoms with Crippen LogP contribution in [0.5, 0.6) is 0 Å². The average Bonchev–Trinajstić information content (AvgIpc) is 3.05. The Balaban J connectivity index is 1.87. The lowest BCUT2D eigenvalue weighted by Gasteiger charge is -2.14. The van der Waals surface area contributed by atoms with Crippen molar-refractivity contribution < 1.29 is 17.6 Å². The zero-order valence-electron chi connectivity index (χ0n) is 15.3. The number of carbonyl (C=O) groups is 1. The van der Waals surface area contributed by atoms with Crippen LogP contribution in [0.25, 0.3) is 0 Å². The second-order valence-corrected chi connectivity index (χ2v) is 9.06. The molecule has 0 radical (unpaired) electrons. The predicted molar refractivity (Wildman–Crippen MR) is 109 cm³/mol. The van der Waals surface area contributed by atoms with Crippen molar-refractivity contribution in [3.05, 3.63) is 63.6 Å². The topological polar surface area (TPSA) is 75.3 Å². The van der Waals surface area contributed by atoms with Crippen molar-refractivity contribution in [2.75, 3.05) is 12.0 Å². The Morgan fingerprint density at radius 1 is 1.18 bits per heavy atom. The van der Waals surface area contributed by atoms with Gasteiger partial charge in [0.15, 0.2) is 0 Å². The number of benzene rings is 1. The molecule has 0 unspecified atom stereocenters. The molecule has 0 spiro atoms. The fraction of sp³-hybridized carbons (Fsp3) is 0.350. The fourth-order valence-electron chi connectivity index (χ4n) is 3.31. The van der Waals surface area contributed by atoms with Crippen molar-refractivity contribution in [2.45, 2.75) is 38.1 Å². The van der Waals surface area contributed by atoms with Gasteiger partial charge < -0.3 is 5.32 Å². The summed E-state index contributed by atoms with van der Waals surface area (Å²) in [4.78, 5) is 12.8. The number of alkyl halides is 1. The van der Waals surface area contributed by atoms with Gasteiger partial charge in [0, 0.05) is 28.7 Å². The third-order valence-electron chi connectivity index (χ3n) is 4.80. The Morgan fingerprint density at radius 3 is 2.50 bits per heavy atom. The van der Waals surface area contributed by atoms with Gasteiger partial charge in [-0.25, -0.2) is 17.5 Å². The third-order valence-corrected chi connectivity index (χ3v) is 6.67. The van der Waals surface area contributed by atoms with Gasteiger partial charge in [0.25, 0.3) is 5.91 Å². The van der Waals surface area contributed by atoms with Crippen LogP contribution < -0.4 is 10.0 Å². The van der Waals surface area contributed by atoms with Crippen molar-refractivity contribution in [1.82, 2.24) is 4.72 Å². The van der Waals surface area contributed by atoms with Gasteiger partial charge >= 0.3 is 0 Å². The summed E-state index contributed by atoms with van der Waals surface area (Å²) in [5, 5.41) is 3.18. The molecule has 0 aromatic heterocycles. The molecule has 2 aliphatic carbocycles. The van der Waals surface area contributed by atoms with Gasteiger partial charge in [-0.3, -0.25) is 4.79 Å². The lowest BCUT2D eigenvalue weighted by Crippen LogP contribution is -2.33. The number of rotatable bonds is 6. The number of nitrogens with one attached hydrogen (secondary N) is 2. The van der Waals surface area contributed by atoms with E-state index in [1.54, 1.807) is 30.3 Å². The Hall–Kier alpha value is -1.96. The highest BCUT2D eigenvalue weighted by molar-refractivity contribution is 7.93. The van der Waals surface area contributed by atoms with Gasteiger partial charge in [-0.05, 0) is 48.8 Å². The fourth-order valence-corrected chi connectivity index (χ4v) is 4.85. The van der Waals surface area contributed by atoms with Crippen LogP contribution in [-0.4, -0.2) is 27.0 Å². The van der Waals surface area contributed by atoms with Crippen LogP contribution >= 0.6 is 11.6 Å². The molecular weight excluding hydrogens is 403 g/mol. The molecule has 2 N–H and O–H groups in total. The zero-order valence-corrected chi connectivity index (χ0v) is 16.8. The summed E-state index contributed by atoms with van der Waals surface area (Å²) >= 11 is 5.84. The highest BCUT2D eigenvalue weighted by Crippen LogP contribution is 2.25. The lowest BCUT2D eigenvalue weighted by molar-refractivity contribution is -0.112. The van der Waals surface area contributed by atoms with Gasteiger partial charge in [-0.15, -0.1) is 0 Å². The minimum atomic E-state index is -3.76. The normalized spacial score (nSPS) is 18.1. The van der Waals surface area contributed by atoms with Crippen LogP contribution in [0.2, 0.25) is 5.02 Å². The van der Waals surface area contributed by atoms with Crippen LogP contribution in [0.1, 0.15) is 32.1 Å². The minimum absolute atomic E-state index is 0.00185. The van der Waals surface area contributed by atoms with Gasteiger partial charge in [-0.1, -0.05) is 36.6 Å². The maximum absolute atomic E-state index is 13.5. The summed E-state index contributed by atoms with van der Waals surface area (Å²) in [6, 6.07) is 6.38. The van der Waals surface area contributed by atoms with Crippen molar-refractivity contribution in [1.29, 1.82) is 0 Å². The highest BCUT2D eigenvalue weighted by Gasteiger charge is 2.26. The number of allylic oxidation sites excluding steroid dienone is 4. The standard InChI is InChI=1S/C20H22ClFN2O3S/c21-15-8-10-16(11-9-15)23-20(25)19-12-18(7-3-4-14(19)13-22)28(26,27)24-17-5-1-2-6-17/h3-4,8-12,17,24H,1-2,5-7,13H2,(H,23,25). The number of amides is 1. The van der Waals surface area contributed by atoms with Crippen molar-refractivity contribution in [3.63, 3.8) is 0 Å². The maximum Gasteiger partial charge on any atom is 0.256 e. The van der Waals surface area contributed by atoms with E-state index in [0.717, 1.165) is 25.7 Å². The second-order valence-electron chi connectivity index (χ2n) is 6.85. The minimum Gasteiger partial charge on any atom is -0.322 e. The Bertz CT molecular complexity index is 931. The van der Waals surface area contributed by atoms with E-state index in [1.165, 1.54) is 12.2 Å².